The van der Waals surface area contributed by atoms with Crippen molar-refractivity contribution in [1.29, 1.82) is 0 Å². The van der Waals surface area contributed by atoms with Crippen molar-refractivity contribution in [2.75, 3.05) is 0 Å². The molecule has 0 bridgehead atoms. The quantitative estimate of drug-likeness (QED) is 0.701. The topological polar surface area (TPSA) is 57.5 Å². The summed E-state index contributed by atoms with van der Waals surface area (Å²) in [5, 5.41) is 18.5. The Bertz CT molecular complexity index is 404. The normalized spacial score (nSPS) is 11.5. The average Bonchev–Trinajstić information content (AvgIpc) is 2.11. The number of hydrogen-bond donors (Lipinski definition) is 2. The molecule has 1 aromatic carbocycles. The molecule has 0 fully saturated rings. The summed E-state index contributed by atoms with van der Waals surface area (Å²) in [6.07, 6.45) is 0.0733. The number of benzene rings is 1. The van der Waals surface area contributed by atoms with Gasteiger partial charge in [-0.2, -0.15) is 0 Å². The third kappa shape index (κ3) is 3.22. The first-order valence-electron chi connectivity index (χ1n) is 4.64. The van der Waals surface area contributed by atoms with Crippen molar-refractivity contribution in [3.8, 4) is 5.75 Å². The average molecular weight is 446 g/mol. The highest BCUT2D eigenvalue weighted by Crippen LogP contribution is 2.34. The predicted molar refractivity (Wildman–Crippen MR) is 78.8 cm³/mol. The molecule has 88 valence electrons. The summed E-state index contributed by atoms with van der Waals surface area (Å²) in [5.74, 6) is -0.556. The van der Waals surface area contributed by atoms with Crippen molar-refractivity contribution >= 4 is 51.2 Å². The number of rotatable bonds is 3. The van der Waals surface area contributed by atoms with Crippen LogP contribution in [0.5, 0.6) is 5.75 Å². The van der Waals surface area contributed by atoms with E-state index < -0.39 is 11.4 Å². The molecule has 0 saturated heterocycles. The van der Waals surface area contributed by atoms with Crippen LogP contribution in [0.15, 0.2) is 12.1 Å². The molecular weight excluding hydrogens is 434 g/mol. The van der Waals surface area contributed by atoms with E-state index in [9.17, 15) is 9.90 Å². The fourth-order valence-corrected chi connectivity index (χ4v) is 3.20. The van der Waals surface area contributed by atoms with Crippen LogP contribution in [0.4, 0.5) is 0 Å². The highest BCUT2D eigenvalue weighted by molar-refractivity contribution is 14.1. The number of carboxylic acid groups (broad SMARTS) is 1. The maximum absolute atomic E-state index is 10.8. The third-order valence-electron chi connectivity index (χ3n) is 2.39. The van der Waals surface area contributed by atoms with Gasteiger partial charge in [-0.1, -0.05) is 13.8 Å². The number of carboxylic acids is 1. The molecule has 0 aliphatic rings. The monoisotopic (exact) mass is 446 g/mol. The number of carbonyl (C=O) groups is 1. The van der Waals surface area contributed by atoms with Crippen LogP contribution in [0.25, 0.3) is 0 Å². The van der Waals surface area contributed by atoms with E-state index in [1.807, 2.05) is 71.2 Å². The van der Waals surface area contributed by atoms with Crippen LogP contribution in [0.3, 0.4) is 0 Å². The zero-order chi connectivity index (χ0) is 12.5. The number of aliphatic carboxylic acids is 1. The van der Waals surface area contributed by atoms with Crippen molar-refractivity contribution in [3.63, 3.8) is 0 Å². The Hall–Kier alpha value is -0.0500. The van der Waals surface area contributed by atoms with Crippen LogP contribution in [0.2, 0.25) is 0 Å². The first-order valence-corrected chi connectivity index (χ1v) is 6.80. The number of hydrogen-bond acceptors (Lipinski definition) is 2. The summed E-state index contributed by atoms with van der Waals surface area (Å²) in [5.41, 5.74) is 0.501. The maximum atomic E-state index is 10.8. The van der Waals surface area contributed by atoms with Gasteiger partial charge in [0.15, 0.2) is 0 Å². The maximum Gasteiger partial charge on any atom is 0.304 e. The number of phenolic OH excluding ortho intramolecular Hbond substituents is 1. The first kappa shape index (κ1) is 14.0. The van der Waals surface area contributed by atoms with Crippen LogP contribution in [-0.2, 0) is 10.2 Å². The van der Waals surface area contributed by atoms with Gasteiger partial charge in [-0.3, -0.25) is 4.79 Å². The lowest BCUT2D eigenvalue weighted by atomic mass is 9.82. The zero-order valence-corrected chi connectivity index (χ0v) is 13.2. The van der Waals surface area contributed by atoms with Crippen LogP contribution in [0.1, 0.15) is 25.8 Å². The molecule has 0 amide bonds. The number of aromatic hydroxyl groups is 1. The fraction of sp³-hybridized carbons (Fsp3) is 0.364. The van der Waals surface area contributed by atoms with Crippen molar-refractivity contribution < 1.29 is 15.0 Å². The number of phenols is 1. The minimum Gasteiger partial charge on any atom is -0.506 e. The van der Waals surface area contributed by atoms with Gasteiger partial charge in [0, 0.05) is 5.41 Å². The van der Waals surface area contributed by atoms with Crippen LogP contribution in [0, 0.1) is 7.14 Å². The fourth-order valence-electron chi connectivity index (χ4n) is 1.44. The Balaban J connectivity index is 3.18. The minimum atomic E-state index is -0.817. The smallest absolute Gasteiger partial charge is 0.304 e. The standard InChI is InChI=1S/C11H12I2O3/c1-11(2,5-9(14)15)6-3-7(12)10(16)8(13)4-6/h3-4,16H,5H2,1-2H3,(H,14,15). The Morgan fingerprint density at radius 3 is 2.12 bits per heavy atom. The summed E-state index contributed by atoms with van der Waals surface area (Å²) in [7, 11) is 0. The van der Waals surface area contributed by atoms with Crippen molar-refractivity contribution in [2.45, 2.75) is 25.7 Å². The van der Waals surface area contributed by atoms with Gasteiger partial charge in [0.1, 0.15) is 5.75 Å². The molecule has 0 saturated carbocycles. The molecule has 0 spiro atoms. The molecule has 0 unspecified atom stereocenters. The van der Waals surface area contributed by atoms with E-state index in [-0.39, 0.29) is 12.2 Å². The molecule has 16 heavy (non-hydrogen) atoms. The van der Waals surface area contributed by atoms with Gasteiger partial charge >= 0.3 is 5.97 Å². The number of halogens is 2. The second-order valence-electron chi connectivity index (χ2n) is 4.24. The molecule has 1 aromatic rings. The highest BCUT2D eigenvalue weighted by atomic mass is 127. The molecule has 0 heterocycles. The van der Waals surface area contributed by atoms with Gasteiger partial charge in [0.05, 0.1) is 13.6 Å². The summed E-state index contributed by atoms with van der Waals surface area (Å²) in [6, 6.07) is 3.67. The molecule has 5 heteroatoms. The van der Waals surface area contributed by atoms with Gasteiger partial charge < -0.3 is 10.2 Å². The van der Waals surface area contributed by atoms with Crippen molar-refractivity contribution in [1.82, 2.24) is 0 Å². The summed E-state index contributed by atoms with van der Waals surface area (Å²) in [4.78, 5) is 10.8. The lowest BCUT2D eigenvalue weighted by Gasteiger charge is -2.24. The highest BCUT2D eigenvalue weighted by Gasteiger charge is 2.25. The molecule has 0 aliphatic heterocycles. The molecule has 0 radical (unpaired) electrons. The van der Waals surface area contributed by atoms with Gasteiger partial charge in [0.25, 0.3) is 0 Å². The van der Waals surface area contributed by atoms with Crippen molar-refractivity contribution in [3.05, 3.63) is 24.8 Å². The lowest BCUT2D eigenvalue weighted by Crippen LogP contribution is -2.22. The predicted octanol–water partition coefficient (Wildman–Crippen LogP) is 3.35. The third-order valence-corrected chi connectivity index (χ3v) is 4.04. The molecule has 2 N–H and O–H groups in total. The molecule has 0 atom stereocenters. The van der Waals surface area contributed by atoms with E-state index in [0.29, 0.717) is 0 Å². The van der Waals surface area contributed by atoms with Gasteiger partial charge in [0.2, 0.25) is 0 Å². The van der Waals surface area contributed by atoms with Gasteiger partial charge in [-0.05, 0) is 62.9 Å². The second kappa shape index (κ2) is 5.07. The lowest BCUT2D eigenvalue weighted by molar-refractivity contribution is -0.138. The second-order valence-corrected chi connectivity index (χ2v) is 6.57. The SMILES string of the molecule is CC(C)(CC(=O)O)c1cc(I)c(O)c(I)c1. The summed E-state index contributed by atoms with van der Waals surface area (Å²) < 4.78 is 1.50. The van der Waals surface area contributed by atoms with Crippen molar-refractivity contribution in [2.24, 2.45) is 0 Å². The molecule has 0 aliphatic carbocycles. The minimum absolute atomic E-state index is 0.0733. The Labute approximate surface area is 122 Å². The molecule has 3 nitrogen and oxygen atoms in total. The van der Waals surface area contributed by atoms with E-state index in [0.717, 1.165) is 12.7 Å². The first-order chi connectivity index (χ1) is 7.24. The Morgan fingerprint density at radius 2 is 1.75 bits per heavy atom. The van der Waals surface area contributed by atoms with Crippen LogP contribution in [-0.4, -0.2) is 16.2 Å². The zero-order valence-electron chi connectivity index (χ0n) is 8.92. The molecule has 0 aromatic heterocycles. The van der Waals surface area contributed by atoms with Crippen LogP contribution >= 0.6 is 45.2 Å². The van der Waals surface area contributed by atoms with E-state index in [1.165, 1.54) is 0 Å². The van der Waals surface area contributed by atoms with Gasteiger partial charge in [-0.25, -0.2) is 0 Å². The summed E-state index contributed by atoms with van der Waals surface area (Å²) >= 11 is 4.09. The summed E-state index contributed by atoms with van der Waals surface area (Å²) in [6.45, 7) is 3.78. The Morgan fingerprint density at radius 1 is 1.31 bits per heavy atom. The van der Waals surface area contributed by atoms with Gasteiger partial charge in [-0.15, -0.1) is 0 Å². The van der Waals surface area contributed by atoms with E-state index >= 15 is 0 Å². The van der Waals surface area contributed by atoms with E-state index in [4.69, 9.17) is 5.11 Å². The molecule has 1 rings (SSSR count). The Kier molecular flexibility index (Phi) is 4.44. The molecular formula is C11H12I2O3. The van der Waals surface area contributed by atoms with E-state index in [2.05, 4.69) is 0 Å². The van der Waals surface area contributed by atoms with Crippen LogP contribution < -0.4 is 0 Å². The largest absolute Gasteiger partial charge is 0.506 e. The van der Waals surface area contributed by atoms with E-state index in [1.54, 1.807) is 0 Å².